The van der Waals surface area contributed by atoms with Crippen molar-refractivity contribution < 1.29 is 9.90 Å². The number of hydrogen-bond acceptors (Lipinski definition) is 2. The van der Waals surface area contributed by atoms with Crippen LogP contribution in [-0.2, 0) is 4.79 Å². The fourth-order valence-corrected chi connectivity index (χ4v) is 2.99. The molecule has 1 aromatic carbocycles. The Labute approximate surface area is 98.5 Å². The molecule has 0 aliphatic heterocycles. The number of carboxylic acid groups (broad SMARTS) is 1. The lowest BCUT2D eigenvalue weighted by Crippen LogP contribution is -2.17. The average molecular weight is 234 g/mol. The quantitative estimate of drug-likeness (QED) is 0.878. The highest BCUT2D eigenvalue weighted by Gasteiger charge is 2.25. The molecule has 2 nitrogen and oxygen atoms in total. The molecular formula is C13H14O2S. The summed E-state index contributed by atoms with van der Waals surface area (Å²) in [5, 5.41) is 12.4. The van der Waals surface area contributed by atoms with E-state index in [4.69, 9.17) is 0 Å². The molecule has 1 heterocycles. The van der Waals surface area contributed by atoms with Gasteiger partial charge in [-0.15, -0.1) is 11.3 Å². The molecule has 0 bridgehead atoms. The Hall–Kier alpha value is -1.35. The summed E-state index contributed by atoms with van der Waals surface area (Å²) in [5.74, 6) is -1.05. The van der Waals surface area contributed by atoms with Crippen molar-refractivity contribution >= 4 is 27.4 Å². The third-order valence-corrected chi connectivity index (χ3v) is 3.76. The smallest absolute Gasteiger partial charge is 0.311 e. The predicted molar refractivity (Wildman–Crippen MR) is 67.0 cm³/mol. The van der Waals surface area contributed by atoms with Crippen LogP contribution in [0.4, 0.5) is 0 Å². The molecule has 0 saturated carbocycles. The summed E-state index contributed by atoms with van der Waals surface area (Å²) in [5.41, 5.74) is 0.940. The first-order valence-corrected chi connectivity index (χ1v) is 6.18. The van der Waals surface area contributed by atoms with Crippen LogP contribution in [0, 0.1) is 5.92 Å². The molecule has 84 valence electrons. The van der Waals surface area contributed by atoms with Crippen LogP contribution in [0.3, 0.4) is 0 Å². The minimum absolute atomic E-state index is 0.102. The first kappa shape index (κ1) is 11.1. The van der Waals surface area contributed by atoms with Crippen LogP contribution in [0.1, 0.15) is 25.3 Å². The number of thiophene rings is 1. The summed E-state index contributed by atoms with van der Waals surface area (Å²) in [6.45, 7) is 3.90. The SMILES string of the molecule is CC(C)C(C(=O)O)c1cccc2ccsc12. The minimum Gasteiger partial charge on any atom is -0.481 e. The summed E-state index contributed by atoms with van der Waals surface area (Å²) in [6.07, 6.45) is 0. The van der Waals surface area contributed by atoms with Gasteiger partial charge in [0, 0.05) is 4.70 Å². The second kappa shape index (κ2) is 4.26. The highest BCUT2D eigenvalue weighted by molar-refractivity contribution is 7.17. The zero-order valence-corrected chi connectivity index (χ0v) is 10.1. The van der Waals surface area contributed by atoms with Crippen LogP contribution in [0.15, 0.2) is 29.6 Å². The second-order valence-electron chi connectivity index (χ2n) is 4.25. The van der Waals surface area contributed by atoms with Crippen molar-refractivity contribution in [1.29, 1.82) is 0 Å². The van der Waals surface area contributed by atoms with E-state index in [0.29, 0.717) is 0 Å². The van der Waals surface area contributed by atoms with E-state index in [-0.39, 0.29) is 5.92 Å². The number of carbonyl (C=O) groups is 1. The third kappa shape index (κ3) is 1.83. The minimum atomic E-state index is -0.740. The van der Waals surface area contributed by atoms with Gasteiger partial charge in [-0.1, -0.05) is 32.0 Å². The molecule has 1 atom stereocenters. The molecular weight excluding hydrogens is 220 g/mol. The summed E-state index contributed by atoms with van der Waals surface area (Å²) < 4.78 is 1.10. The molecule has 2 rings (SSSR count). The van der Waals surface area contributed by atoms with E-state index in [0.717, 1.165) is 15.6 Å². The van der Waals surface area contributed by atoms with Crippen LogP contribution >= 0.6 is 11.3 Å². The van der Waals surface area contributed by atoms with Crippen molar-refractivity contribution in [2.45, 2.75) is 19.8 Å². The Kier molecular flexibility index (Phi) is 2.97. The number of rotatable bonds is 3. The summed E-state index contributed by atoms with van der Waals surface area (Å²) in [4.78, 5) is 11.3. The molecule has 0 aliphatic carbocycles. The van der Waals surface area contributed by atoms with Crippen molar-refractivity contribution in [3.05, 3.63) is 35.2 Å². The monoisotopic (exact) mass is 234 g/mol. The van der Waals surface area contributed by atoms with Crippen molar-refractivity contribution in [2.24, 2.45) is 5.92 Å². The first-order chi connectivity index (χ1) is 7.61. The highest BCUT2D eigenvalue weighted by Crippen LogP contribution is 2.33. The lowest BCUT2D eigenvalue weighted by atomic mass is 9.88. The molecule has 0 amide bonds. The van der Waals surface area contributed by atoms with Crippen molar-refractivity contribution in [3.8, 4) is 0 Å². The van der Waals surface area contributed by atoms with Gasteiger partial charge in [-0.2, -0.15) is 0 Å². The van der Waals surface area contributed by atoms with Crippen LogP contribution in [-0.4, -0.2) is 11.1 Å². The Bertz CT molecular complexity index is 513. The molecule has 0 aliphatic rings. The topological polar surface area (TPSA) is 37.3 Å². The Balaban J connectivity index is 2.60. The molecule has 0 saturated heterocycles. The third-order valence-electron chi connectivity index (χ3n) is 2.78. The summed E-state index contributed by atoms with van der Waals surface area (Å²) in [7, 11) is 0. The summed E-state index contributed by atoms with van der Waals surface area (Å²) >= 11 is 1.61. The number of carboxylic acids is 1. The molecule has 0 fully saturated rings. The van der Waals surface area contributed by atoms with Crippen LogP contribution in [0.5, 0.6) is 0 Å². The lowest BCUT2D eigenvalue weighted by molar-refractivity contribution is -0.139. The maximum atomic E-state index is 11.3. The van der Waals surface area contributed by atoms with Gasteiger partial charge in [0.05, 0.1) is 5.92 Å². The standard InChI is InChI=1S/C13H14O2S/c1-8(2)11(13(14)15)10-5-3-4-9-6-7-16-12(9)10/h3-8,11H,1-2H3,(H,14,15). The number of hydrogen-bond donors (Lipinski definition) is 1. The van der Waals surface area contributed by atoms with Gasteiger partial charge in [0.25, 0.3) is 0 Å². The second-order valence-corrected chi connectivity index (χ2v) is 5.16. The van der Waals surface area contributed by atoms with Gasteiger partial charge in [0.15, 0.2) is 0 Å². The van der Waals surface area contributed by atoms with E-state index in [1.807, 2.05) is 43.5 Å². The van der Waals surface area contributed by atoms with Crippen molar-refractivity contribution in [2.75, 3.05) is 0 Å². The molecule has 1 aromatic heterocycles. The molecule has 16 heavy (non-hydrogen) atoms. The molecule has 0 radical (unpaired) electrons. The van der Waals surface area contributed by atoms with E-state index < -0.39 is 11.9 Å². The number of fused-ring (bicyclic) bond motifs is 1. The van der Waals surface area contributed by atoms with Gasteiger partial charge in [0.2, 0.25) is 0 Å². The van der Waals surface area contributed by atoms with E-state index in [1.54, 1.807) is 11.3 Å². The molecule has 0 spiro atoms. The maximum Gasteiger partial charge on any atom is 0.311 e. The fourth-order valence-electron chi connectivity index (χ4n) is 2.04. The van der Waals surface area contributed by atoms with Gasteiger partial charge in [-0.3, -0.25) is 4.79 Å². The van der Waals surface area contributed by atoms with Gasteiger partial charge < -0.3 is 5.11 Å². The molecule has 3 heteroatoms. The highest BCUT2D eigenvalue weighted by atomic mass is 32.1. The fraction of sp³-hybridized carbons (Fsp3) is 0.308. The van der Waals surface area contributed by atoms with Crippen LogP contribution in [0.2, 0.25) is 0 Å². The van der Waals surface area contributed by atoms with E-state index >= 15 is 0 Å². The molecule has 2 aromatic rings. The first-order valence-electron chi connectivity index (χ1n) is 5.30. The van der Waals surface area contributed by atoms with Gasteiger partial charge in [0.1, 0.15) is 0 Å². The molecule has 1 N–H and O–H groups in total. The zero-order valence-electron chi connectivity index (χ0n) is 9.31. The van der Waals surface area contributed by atoms with Crippen molar-refractivity contribution in [1.82, 2.24) is 0 Å². The van der Waals surface area contributed by atoms with Crippen LogP contribution < -0.4 is 0 Å². The van der Waals surface area contributed by atoms with Crippen LogP contribution in [0.25, 0.3) is 10.1 Å². The van der Waals surface area contributed by atoms with Gasteiger partial charge >= 0.3 is 5.97 Å². The normalized spacial score (nSPS) is 13.2. The summed E-state index contributed by atoms with van der Waals surface area (Å²) in [6, 6.07) is 7.91. The van der Waals surface area contributed by atoms with E-state index in [9.17, 15) is 9.90 Å². The predicted octanol–water partition coefficient (Wildman–Crippen LogP) is 3.73. The molecule has 1 unspecified atom stereocenters. The Morgan fingerprint density at radius 3 is 2.69 bits per heavy atom. The van der Waals surface area contributed by atoms with E-state index in [1.165, 1.54) is 0 Å². The van der Waals surface area contributed by atoms with E-state index in [2.05, 4.69) is 0 Å². The zero-order chi connectivity index (χ0) is 11.7. The lowest BCUT2D eigenvalue weighted by Gasteiger charge is -2.17. The van der Waals surface area contributed by atoms with Crippen molar-refractivity contribution in [3.63, 3.8) is 0 Å². The number of benzene rings is 1. The number of aliphatic carboxylic acids is 1. The van der Waals surface area contributed by atoms with Gasteiger partial charge in [-0.05, 0) is 28.3 Å². The van der Waals surface area contributed by atoms with Gasteiger partial charge in [-0.25, -0.2) is 0 Å². The maximum absolute atomic E-state index is 11.3. The Morgan fingerprint density at radius 2 is 2.06 bits per heavy atom. The Morgan fingerprint density at radius 1 is 1.31 bits per heavy atom. The average Bonchev–Trinajstić information content (AvgIpc) is 2.65. The largest absolute Gasteiger partial charge is 0.481 e.